The van der Waals surface area contributed by atoms with Crippen LogP contribution in [0, 0.1) is 5.82 Å². The molecule has 1 unspecified atom stereocenters. The van der Waals surface area contributed by atoms with Gasteiger partial charge in [-0.15, -0.1) is 0 Å². The van der Waals surface area contributed by atoms with Crippen LogP contribution in [0.4, 0.5) is 4.39 Å². The Kier molecular flexibility index (Phi) is 4.08. The normalized spacial score (nSPS) is 24.7. The second-order valence-electron chi connectivity index (χ2n) is 6.31. The number of nitrogens with zero attached hydrogens (tertiary/aromatic N) is 1. The summed E-state index contributed by atoms with van der Waals surface area (Å²) in [6.07, 6.45) is 7.78. The molecule has 3 rings (SSSR count). The molecule has 1 atom stereocenters. The quantitative estimate of drug-likeness (QED) is 0.911. The lowest BCUT2D eigenvalue weighted by Crippen LogP contribution is -2.53. The predicted molar refractivity (Wildman–Crippen MR) is 78.0 cm³/mol. The van der Waals surface area contributed by atoms with Crippen molar-refractivity contribution in [2.24, 2.45) is 0 Å². The Bertz CT molecular complexity index is 433. The number of piperidine rings is 1. The highest BCUT2D eigenvalue weighted by Crippen LogP contribution is 2.45. The number of halogens is 1. The minimum absolute atomic E-state index is 0.113. The third kappa shape index (κ3) is 2.49. The number of aliphatic hydroxyl groups excluding tert-OH is 1. The number of likely N-dealkylation sites (tertiary alicyclic amines) is 1. The fourth-order valence-electron chi connectivity index (χ4n) is 4.04. The van der Waals surface area contributed by atoms with E-state index in [9.17, 15) is 9.50 Å². The Labute approximate surface area is 120 Å². The van der Waals surface area contributed by atoms with Gasteiger partial charge in [0.05, 0.1) is 11.6 Å². The molecule has 1 saturated carbocycles. The van der Waals surface area contributed by atoms with E-state index in [4.69, 9.17) is 0 Å². The molecule has 2 nitrogen and oxygen atoms in total. The number of hydrogen-bond acceptors (Lipinski definition) is 2. The fourth-order valence-corrected chi connectivity index (χ4v) is 4.04. The van der Waals surface area contributed by atoms with Gasteiger partial charge in [0.2, 0.25) is 0 Å². The van der Waals surface area contributed by atoms with Crippen molar-refractivity contribution in [2.75, 3.05) is 13.1 Å². The monoisotopic (exact) mass is 277 g/mol. The maximum atomic E-state index is 13.1. The molecule has 20 heavy (non-hydrogen) atoms. The van der Waals surface area contributed by atoms with E-state index in [1.54, 1.807) is 12.1 Å². The van der Waals surface area contributed by atoms with Gasteiger partial charge < -0.3 is 5.11 Å². The zero-order valence-electron chi connectivity index (χ0n) is 12.0. The van der Waals surface area contributed by atoms with Gasteiger partial charge in [-0.1, -0.05) is 31.4 Å². The van der Waals surface area contributed by atoms with Gasteiger partial charge in [-0.2, -0.15) is 0 Å². The van der Waals surface area contributed by atoms with Gasteiger partial charge >= 0.3 is 0 Å². The van der Waals surface area contributed by atoms with Crippen LogP contribution in [0.25, 0.3) is 0 Å². The molecule has 1 aromatic carbocycles. The van der Waals surface area contributed by atoms with E-state index in [0.29, 0.717) is 0 Å². The van der Waals surface area contributed by atoms with Gasteiger partial charge in [0, 0.05) is 0 Å². The van der Waals surface area contributed by atoms with Crippen molar-refractivity contribution >= 4 is 0 Å². The molecule has 1 aromatic rings. The smallest absolute Gasteiger partial charge is 0.123 e. The Morgan fingerprint density at radius 2 is 1.55 bits per heavy atom. The molecule has 1 heterocycles. The molecule has 1 saturated heterocycles. The first kappa shape index (κ1) is 14.0. The standard InChI is InChI=1S/C17H24FNO/c18-15-8-6-14(7-9-15)16(20)17(10-2-3-11-17)19-12-4-1-5-13-19/h6-9,16,20H,1-5,10-13H2. The summed E-state index contributed by atoms with van der Waals surface area (Å²) in [5, 5.41) is 10.9. The molecule has 3 heteroatoms. The van der Waals surface area contributed by atoms with Crippen LogP contribution in [0.2, 0.25) is 0 Å². The van der Waals surface area contributed by atoms with Crippen molar-refractivity contribution < 1.29 is 9.50 Å². The summed E-state index contributed by atoms with van der Waals surface area (Å²) in [6.45, 7) is 2.19. The fraction of sp³-hybridized carbons (Fsp3) is 0.647. The predicted octanol–water partition coefficient (Wildman–Crippen LogP) is 3.66. The molecule has 0 amide bonds. The highest BCUT2D eigenvalue weighted by molar-refractivity contribution is 5.23. The van der Waals surface area contributed by atoms with Crippen LogP contribution in [0.1, 0.15) is 56.6 Å². The Morgan fingerprint density at radius 1 is 0.950 bits per heavy atom. The summed E-state index contributed by atoms with van der Waals surface area (Å²) in [5.41, 5.74) is 0.747. The molecule has 1 N–H and O–H groups in total. The van der Waals surface area contributed by atoms with Crippen molar-refractivity contribution in [3.8, 4) is 0 Å². The first-order chi connectivity index (χ1) is 9.72. The van der Waals surface area contributed by atoms with E-state index in [1.165, 1.54) is 44.2 Å². The SMILES string of the molecule is OC(c1ccc(F)cc1)C1(N2CCCCC2)CCCC1. The number of rotatable bonds is 3. The molecule has 110 valence electrons. The van der Waals surface area contributed by atoms with Crippen LogP contribution in [0.5, 0.6) is 0 Å². The van der Waals surface area contributed by atoms with Gasteiger partial charge in [-0.25, -0.2) is 4.39 Å². The lowest BCUT2D eigenvalue weighted by Gasteiger charge is -2.46. The largest absolute Gasteiger partial charge is 0.386 e. The van der Waals surface area contributed by atoms with E-state index in [-0.39, 0.29) is 11.4 Å². The van der Waals surface area contributed by atoms with Crippen LogP contribution >= 0.6 is 0 Å². The average Bonchev–Trinajstić information content (AvgIpc) is 2.99. The number of aliphatic hydroxyl groups is 1. The molecule has 0 aromatic heterocycles. The second kappa shape index (κ2) is 5.82. The van der Waals surface area contributed by atoms with Crippen molar-refractivity contribution in [3.63, 3.8) is 0 Å². The van der Waals surface area contributed by atoms with Gasteiger partial charge in [-0.3, -0.25) is 4.90 Å². The minimum Gasteiger partial charge on any atom is -0.386 e. The van der Waals surface area contributed by atoms with Crippen LogP contribution < -0.4 is 0 Å². The number of hydrogen-bond donors (Lipinski definition) is 1. The van der Waals surface area contributed by atoms with Crippen molar-refractivity contribution in [3.05, 3.63) is 35.6 Å². The lowest BCUT2D eigenvalue weighted by atomic mass is 9.83. The second-order valence-corrected chi connectivity index (χ2v) is 6.31. The maximum Gasteiger partial charge on any atom is 0.123 e. The van der Waals surface area contributed by atoms with Crippen LogP contribution in [-0.2, 0) is 0 Å². The molecule has 1 aliphatic heterocycles. The summed E-state index contributed by atoms with van der Waals surface area (Å²) in [7, 11) is 0. The summed E-state index contributed by atoms with van der Waals surface area (Å²) >= 11 is 0. The zero-order chi connectivity index (χ0) is 14.0. The van der Waals surface area contributed by atoms with E-state index in [0.717, 1.165) is 31.5 Å². The van der Waals surface area contributed by atoms with Crippen LogP contribution in [0.3, 0.4) is 0 Å². The van der Waals surface area contributed by atoms with Crippen molar-refractivity contribution in [1.82, 2.24) is 4.90 Å². The molecular formula is C17H24FNO. The molecule has 0 bridgehead atoms. The van der Waals surface area contributed by atoms with E-state index >= 15 is 0 Å². The molecular weight excluding hydrogens is 253 g/mol. The average molecular weight is 277 g/mol. The zero-order valence-corrected chi connectivity index (χ0v) is 12.0. The molecule has 0 radical (unpaired) electrons. The van der Waals surface area contributed by atoms with E-state index < -0.39 is 6.10 Å². The molecule has 2 fully saturated rings. The first-order valence-corrected chi connectivity index (χ1v) is 7.91. The van der Waals surface area contributed by atoms with Crippen LogP contribution in [-0.4, -0.2) is 28.6 Å². The Morgan fingerprint density at radius 3 is 2.15 bits per heavy atom. The van der Waals surface area contributed by atoms with Crippen LogP contribution in [0.15, 0.2) is 24.3 Å². The topological polar surface area (TPSA) is 23.5 Å². The van der Waals surface area contributed by atoms with Gasteiger partial charge in [0.15, 0.2) is 0 Å². The summed E-state index contributed by atoms with van der Waals surface area (Å²) in [5.74, 6) is -0.237. The minimum atomic E-state index is -0.497. The summed E-state index contributed by atoms with van der Waals surface area (Å²) < 4.78 is 13.1. The summed E-state index contributed by atoms with van der Waals surface area (Å²) in [6, 6.07) is 6.39. The maximum absolute atomic E-state index is 13.1. The van der Waals surface area contributed by atoms with E-state index in [2.05, 4.69) is 4.90 Å². The highest BCUT2D eigenvalue weighted by atomic mass is 19.1. The van der Waals surface area contributed by atoms with Gasteiger partial charge in [-0.05, 0) is 56.5 Å². The lowest BCUT2D eigenvalue weighted by molar-refractivity contribution is -0.0405. The Hall–Kier alpha value is -0.930. The van der Waals surface area contributed by atoms with Crippen molar-refractivity contribution in [1.29, 1.82) is 0 Å². The third-order valence-corrected chi connectivity index (χ3v) is 5.15. The third-order valence-electron chi connectivity index (χ3n) is 5.15. The highest BCUT2D eigenvalue weighted by Gasteiger charge is 2.46. The number of benzene rings is 1. The first-order valence-electron chi connectivity index (χ1n) is 7.91. The van der Waals surface area contributed by atoms with E-state index in [1.807, 2.05) is 0 Å². The molecule has 0 spiro atoms. The van der Waals surface area contributed by atoms with Gasteiger partial charge in [0.1, 0.15) is 5.82 Å². The van der Waals surface area contributed by atoms with Crippen molar-refractivity contribution in [2.45, 2.75) is 56.6 Å². The molecule has 2 aliphatic rings. The molecule has 1 aliphatic carbocycles. The summed E-state index contributed by atoms with van der Waals surface area (Å²) in [4.78, 5) is 2.51. The Balaban J connectivity index is 1.87. The van der Waals surface area contributed by atoms with Gasteiger partial charge in [0.25, 0.3) is 0 Å².